The number of aliphatic imine (C=N–C) groups is 1. The van der Waals surface area contributed by atoms with Crippen LogP contribution < -0.4 is 10.6 Å². The van der Waals surface area contributed by atoms with Gasteiger partial charge in [0.1, 0.15) is 5.82 Å². The lowest BCUT2D eigenvalue weighted by Gasteiger charge is -2.12. The molecule has 0 fully saturated rings. The van der Waals surface area contributed by atoms with Gasteiger partial charge in [-0.2, -0.15) is 0 Å². The maximum absolute atomic E-state index is 13.2. The zero-order valence-electron chi connectivity index (χ0n) is 14.9. The normalized spacial score (nSPS) is 11.4. The zero-order valence-corrected chi connectivity index (χ0v) is 14.9. The zero-order chi connectivity index (χ0) is 17.9. The smallest absolute Gasteiger partial charge is 0.191 e. The number of nitrogens with one attached hydrogen (secondary N) is 2. The van der Waals surface area contributed by atoms with Crippen LogP contribution in [0.5, 0.6) is 0 Å². The molecule has 0 saturated heterocycles. The van der Waals surface area contributed by atoms with Gasteiger partial charge in [-0.1, -0.05) is 36.4 Å². The quantitative estimate of drug-likeness (QED) is 0.568. The monoisotopic (exact) mass is 343 g/mol. The van der Waals surface area contributed by atoms with Crippen molar-refractivity contribution in [2.24, 2.45) is 4.99 Å². The number of nitrogens with zero attached hydrogens (tertiary/aromatic N) is 1. The van der Waals surface area contributed by atoms with Gasteiger partial charge in [-0.15, -0.1) is 0 Å². The average molecular weight is 343 g/mol. The summed E-state index contributed by atoms with van der Waals surface area (Å²) in [6, 6.07) is 14.8. The van der Waals surface area contributed by atoms with Gasteiger partial charge in [-0.3, -0.25) is 0 Å². The summed E-state index contributed by atoms with van der Waals surface area (Å²) in [5, 5.41) is 6.50. The van der Waals surface area contributed by atoms with Crippen molar-refractivity contribution in [3.05, 3.63) is 71.0 Å². The van der Waals surface area contributed by atoms with Crippen molar-refractivity contribution in [1.82, 2.24) is 10.6 Å². The summed E-state index contributed by atoms with van der Waals surface area (Å²) in [5.74, 6) is 0.475. The summed E-state index contributed by atoms with van der Waals surface area (Å²) in [6.07, 6.45) is 0. The highest BCUT2D eigenvalue weighted by atomic mass is 19.1. The molecule has 2 N–H and O–H groups in total. The molecular formula is C20H26FN3O. The number of ether oxygens (including phenoxy) is 1. The van der Waals surface area contributed by atoms with Gasteiger partial charge in [0.2, 0.25) is 0 Å². The molecule has 25 heavy (non-hydrogen) atoms. The lowest BCUT2D eigenvalue weighted by Crippen LogP contribution is -2.36. The third-order valence-corrected chi connectivity index (χ3v) is 3.61. The molecule has 0 radical (unpaired) electrons. The van der Waals surface area contributed by atoms with Crippen molar-refractivity contribution in [3.63, 3.8) is 0 Å². The molecule has 0 aliphatic heterocycles. The first-order valence-electron chi connectivity index (χ1n) is 8.63. The third kappa shape index (κ3) is 6.93. The van der Waals surface area contributed by atoms with E-state index in [1.807, 2.05) is 19.9 Å². The minimum atomic E-state index is -0.238. The fourth-order valence-electron chi connectivity index (χ4n) is 2.31. The number of halogens is 1. The highest BCUT2D eigenvalue weighted by molar-refractivity contribution is 5.79. The Hall–Kier alpha value is -2.40. The molecule has 0 aliphatic carbocycles. The molecule has 4 nitrogen and oxygen atoms in total. The fourth-order valence-corrected chi connectivity index (χ4v) is 2.31. The van der Waals surface area contributed by atoms with Crippen molar-refractivity contribution in [3.8, 4) is 0 Å². The Morgan fingerprint density at radius 3 is 2.44 bits per heavy atom. The minimum Gasteiger partial charge on any atom is -0.377 e. The van der Waals surface area contributed by atoms with E-state index in [4.69, 9.17) is 4.74 Å². The van der Waals surface area contributed by atoms with E-state index >= 15 is 0 Å². The van der Waals surface area contributed by atoms with Gasteiger partial charge in [-0.25, -0.2) is 9.38 Å². The summed E-state index contributed by atoms with van der Waals surface area (Å²) in [4.78, 5) is 4.51. The van der Waals surface area contributed by atoms with E-state index in [0.717, 1.165) is 29.8 Å². The molecule has 0 spiro atoms. The van der Waals surface area contributed by atoms with E-state index in [0.29, 0.717) is 25.7 Å². The molecule has 0 unspecified atom stereocenters. The van der Waals surface area contributed by atoms with Gasteiger partial charge in [0.25, 0.3) is 0 Å². The van der Waals surface area contributed by atoms with E-state index in [1.54, 1.807) is 6.07 Å². The number of rotatable bonds is 8. The number of hydrogen-bond acceptors (Lipinski definition) is 2. The number of benzene rings is 2. The number of guanidine groups is 1. The third-order valence-electron chi connectivity index (χ3n) is 3.61. The van der Waals surface area contributed by atoms with Crippen LogP contribution in [0.1, 0.15) is 30.5 Å². The summed E-state index contributed by atoms with van der Waals surface area (Å²) >= 11 is 0. The molecular weight excluding hydrogens is 317 g/mol. The Morgan fingerprint density at radius 2 is 1.76 bits per heavy atom. The minimum absolute atomic E-state index is 0.238. The maximum atomic E-state index is 13.2. The molecule has 2 aromatic rings. The topological polar surface area (TPSA) is 45.7 Å². The van der Waals surface area contributed by atoms with Gasteiger partial charge in [0.15, 0.2) is 5.96 Å². The predicted octanol–water partition coefficient (Wildman–Crippen LogP) is 3.62. The van der Waals surface area contributed by atoms with Crippen LogP contribution in [0.3, 0.4) is 0 Å². The molecule has 0 aliphatic rings. The van der Waals surface area contributed by atoms with Crippen molar-refractivity contribution < 1.29 is 9.13 Å². The van der Waals surface area contributed by atoms with Crippen LogP contribution in [-0.2, 0) is 24.4 Å². The molecule has 0 saturated carbocycles. The van der Waals surface area contributed by atoms with Gasteiger partial charge in [0, 0.05) is 19.7 Å². The Kier molecular flexibility index (Phi) is 7.92. The molecule has 0 bridgehead atoms. The fraction of sp³-hybridized carbons (Fsp3) is 0.350. The Labute approximate surface area is 149 Å². The van der Waals surface area contributed by atoms with Crippen LogP contribution in [0.25, 0.3) is 0 Å². The van der Waals surface area contributed by atoms with Gasteiger partial charge in [0.05, 0.1) is 13.2 Å². The molecule has 2 rings (SSSR count). The van der Waals surface area contributed by atoms with Crippen LogP contribution in [0.2, 0.25) is 0 Å². The maximum Gasteiger partial charge on any atom is 0.191 e. The van der Waals surface area contributed by atoms with E-state index in [2.05, 4.69) is 39.9 Å². The second kappa shape index (κ2) is 10.5. The standard InChI is InChI=1S/C20H26FN3O/c1-3-22-20(24-14-18-6-5-7-19(21)12-18)23-13-16-8-10-17(11-9-16)15-25-4-2/h5-12H,3-4,13-15H2,1-2H3,(H2,22,23,24). The summed E-state index contributed by atoms with van der Waals surface area (Å²) < 4.78 is 18.6. The molecule has 0 aromatic heterocycles. The van der Waals surface area contributed by atoms with E-state index in [-0.39, 0.29) is 5.82 Å². The second-order valence-corrected chi connectivity index (χ2v) is 5.63. The lowest BCUT2D eigenvalue weighted by molar-refractivity contribution is 0.134. The second-order valence-electron chi connectivity index (χ2n) is 5.63. The highest BCUT2D eigenvalue weighted by Crippen LogP contribution is 2.06. The van der Waals surface area contributed by atoms with Crippen molar-refractivity contribution in [2.45, 2.75) is 33.5 Å². The van der Waals surface area contributed by atoms with Crippen molar-refractivity contribution in [2.75, 3.05) is 13.2 Å². The predicted molar refractivity (Wildman–Crippen MR) is 99.8 cm³/mol. The Morgan fingerprint density at radius 1 is 1.00 bits per heavy atom. The van der Waals surface area contributed by atoms with Crippen LogP contribution in [-0.4, -0.2) is 19.1 Å². The summed E-state index contributed by atoms with van der Waals surface area (Å²) in [7, 11) is 0. The molecule has 134 valence electrons. The molecule has 0 atom stereocenters. The van der Waals surface area contributed by atoms with Gasteiger partial charge in [-0.05, 0) is 42.7 Å². The van der Waals surface area contributed by atoms with E-state index in [1.165, 1.54) is 12.1 Å². The first-order chi connectivity index (χ1) is 12.2. The van der Waals surface area contributed by atoms with E-state index < -0.39 is 0 Å². The largest absolute Gasteiger partial charge is 0.377 e. The molecule has 0 heterocycles. The Balaban J connectivity index is 1.91. The lowest BCUT2D eigenvalue weighted by atomic mass is 10.1. The molecule has 5 heteroatoms. The molecule has 2 aromatic carbocycles. The average Bonchev–Trinajstić information content (AvgIpc) is 2.63. The van der Waals surface area contributed by atoms with Crippen molar-refractivity contribution >= 4 is 5.96 Å². The van der Waals surface area contributed by atoms with Crippen LogP contribution in [0.4, 0.5) is 4.39 Å². The van der Waals surface area contributed by atoms with Crippen LogP contribution in [0, 0.1) is 5.82 Å². The first kappa shape index (κ1) is 18.9. The van der Waals surface area contributed by atoms with E-state index in [9.17, 15) is 4.39 Å². The number of hydrogen-bond donors (Lipinski definition) is 2. The Bertz CT molecular complexity index is 671. The van der Waals surface area contributed by atoms with Gasteiger partial charge < -0.3 is 15.4 Å². The van der Waals surface area contributed by atoms with Crippen molar-refractivity contribution in [1.29, 1.82) is 0 Å². The summed E-state index contributed by atoms with van der Waals surface area (Å²) in [5.41, 5.74) is 3.17. The highest BCUT2D eigenvalue weighted by Gasteiger charge is 2.00. The SMILES string of the molecule is CCNC(=NCc1cccc(F)c1)NCc1ccc(COCC)cc1. The van der Waals surface area contributed by atoms with Gasteiger partial charge >= 0.3 is 0 Å². The van der Waals surface area contributed by atoms with Crippen LogP contribution in [0.15, 0.2) is 53.5 Å². The molecule has 0 amide bonds. The summed E-state index contributed by atoms with van der Waals surface area (Å²) in [6.45, 7) is 7.23. The first-order valence-corrected chi connectivity index (χ1v) is 8.63. The van der Waals surface area contributed by atoms with Crippen LogP contribution >= 0.6 is 0 Å².